The molecule has 0 aromatic rings. The minimum atomic E-state index is -0.669. The van der Waals surface area contributed by atoms with Gasteiger partial charge in [0.25, 0.3) is 0 Å². The highest BCUT2D eigenvalue weighted by Gasteiger charge is 2.28. The third-order valence-corrected chi connectivity index (χ3v) is 2.06. The van der Waals surface area contributed by atoms with E-state index >= 15 is 0 Å². The molecule has 0 spiro atoms. The summed E-state index contributed by atoms with van der Waals surface area (Å²) in [4.78, 5) is 23.2. The first-order chi connectivity index (χ1) is 7.70. The van der Waals surface area contributed by atoms with Crippen LogP contribution in [-0.4, -0.2) is 31.8 Å². The average Bonchev–Trinajstić information content (AvgIpc) is 2.72. The van der Waals surface area contributed by atoms with Crippen LogP contribution >= 0.6 is 0 Å². The summed E-state index contributed by atoms with van der Waals surface area (Å²) in [5.41, 5.74) is -0.0961. The lowest BCUT2D eigenvalue weighted by Gasteiger charge is -2.09. The van der Waals surface area contributed by atoms with E-state index in [2.05, 4.69) is 0 Å². The van der Waals surface area contributed by atoms with Crippen molar-refractivity contribution in [3.63, 3.8) is 0 Å². The van der Waals surface area contributed by atoms with Crippen LogP contribution in [0.4, 0.5) is 0 Å². The first-order valence-corrected chi connectivity index (χ1v) is 5.40. The van der Waals surface area contributed by atoms with Crippen molar-refractivity contribution in [1.82, 2.24) is 0 Å². The molecule has 5 heteroatoms. The molecule has 1 fully saturated rings. The molecule has 1 aliphatic heterocycles. The lowest BCUT2D eigenvalue weighted by Crippen LogP contribution is -2.20. The smallest absolute Gasteiger partial charge is 0.349 e. The van der Waals surface area contributed by atoms with Crippen molar-refractivity contribution in [1.29, 1.82) is 0 Å². The van der Waals surface area contributed by atoms with Gasteiger partial charge >= 0.3 is 11.9 Å². The van der Waals surface area contributed by atoms with Crippen LogP contribution in [0.15, 0.2) is 11.3 Å². The first kappa shape index (κ1) is 12.5. The van der Waals surface area contributed by atoms with Gasteiger partial charge in [0.1, 0.15) is 5.76 Å². The van der Waals surface area contributed by atoms with E-state index in [1.807, 2.05) is 0 Å². The van der Waals surface area contributed by atoms with Gasteiger partial charge in [-0.2, -0.15) is 0 Å². The number of carbonyl (C=O) groups is 2. The van der Waals surface area contributed by atoms with E-state index in [4.69, 9.17) is 14.2 Å². The molecule has 1 rings (SSSR count). The minimum absolute atomic E-state index is 0.0961. The van der Waals surface area contributed by atoms with Crippen LogP contribution in [-0.2, 0) is 23.8 Å². The van der Waals surface area contributed by atoms with Crippen molar-refractivity contribution < 1.29 is 23.8 Å². The third-order valence-electron chi connectivity index (χ3n) is 2.06. The van der Waals surface area contributed by atoms with Crippen molar-refractivity contribution in [2.45, 2.75) is 26.7 Å². The average molecular weight is 228 g/mol. The van der Waals surface area contributed by atoms with E-state index in [9.17, 15) is 9.59 Å². The lowest BCUT2D eigenvalue weighted by atomic mass is 10.2. The van der Waals surface area contributed by atoms with E-state index in [1.54, 1.807) is 13.8 Å². The molecule has 1 saturated heterocycles. The fraction of sp³-hybridized carbons (Fsp3) is 0.636. The Morgan fingerprint density at radius 1 is 1.19 bits per heavy atom. The number of ether oxygens (including phenoxy) is 3. The monoisotopic (exact) mass is 228 g/mol. The van der Waals surface area contributed by atoms with Crippen molar-refractivity contribution in [3.8, 4) is 0 Å². The van der Waals surface area contributed by atoms with Gasteiger partial charge in [0.2, 0.25) is 0 Å². The maximum absolute atomic E-state index is 11.6. The summed E-state index contributed by atoms with van der Waals surface area (Å²) in [6.45, 7) is 4.32. The second-order valence-corrected chi connectivity index (χ2v) is 3.19. The van der Waals surface area contributed by atoms with Crippen LogP contribution in [0, 0.1) is 0 Å². The fourth-order valence-electron chi connectivity index (χ4n) is 1.41. The number of hydrogen-bond acceptors (Lipinski definition) is 5. The zero-order chi connectivity index (χ0) is 12.0. The van der Waals surface area contributed by atoms with E-state index in [0.29, 0.717) is 18.8 Å². The molecule has 0 aromatic heterocycles. The van der Waals surface area contributed by atoms with E-state index in [1.165, 1.54) is 0 Å². The molecular formula is C11H16O5. The van der Waals surface area contributed by atoms with Gasteiger partial charge in [0, 0.05) is 6.42 Å². The number of esters is 2. The van der Waals surface area contributed by atoms with Crippen molar-refractivity contribution in [3.05, 3.63) is 11.3 Å². The Kier molecular flexibility index (Phi) is 4.82. The van der Waals surface area contributed by atoms with Gasteiger partial charge in [-0.3, -0.25) is 0 Å². The van der Waals surface area contributed by atoms with Gasteiger partial charge in [-0.25, -0.2) is 9.59 Å². The van der Waals surface area contributed by atoms with Crippen molar-refractivity contribution in [2.75, 3.05) is 19.8 Å². The molecule has 1 aliphatic rings. The normalized spacial score (nSPS) is 14.2. The number of carbonyl (C=O) groups excluding carboxylic acids is 2. The second kappa shape index (κ2) is 6.15. The van der Waals surface area contributed by atoms with Crippen LogP contribution in [0.1, 0.15) is 26.7 Å². The molecule has 0 saturated carbocycles. The van der Waals surface area contributed by atoms with Gasteiger partial charge in [0.15, 0.2) is 5.57 Å². The highest BCUT2D eigenvalue weighted by molar-refractivity contribution is 6.14. The second-order valence-electron chi connectivity index (χ2n) is 3.19. The van der Waals surface area contributed by atoms with E-state index in [0.717, 1.165) is 6.42 Å². The number of rotatable bonds is 4. The summed E-state index contributed by atoms with van der Waals surface area (Å²) in [7, 11) is 0. The maximum Gasteiger partial charge on any atom is 0.349 e. The van der Waals surface area contributed by atoms with Crippen molar-refractivity contribution in [2.24, 2.45) is 0 Å². The van der Waals surface area contributed by atoms with Crippen LogP contribution in [0.5, 0.6) is 0 Å². The predicted molar refractivity (Wildman–Crippen MR) is 55.5 cm³/mol. The molecular weight excluding hydrogens is 212 g/mol. The molecule has 0 radical (unpaired) electrons. The molecule has 0 N–H and O–H groups in total. The van der Waals surface area contributed by atoms with Gasteiger partial charge in [-0.05, 0) is 20.3 Å². The Bertz CT molecular complexity index is 277. The van der Waals surface area contributed by atoms with Gasteiger partial charge in [-0.1, -0.05) is 0 Å². The number of allylic oxidation sites excluding steroid dienone is 1. The van der Waals surface area contributed by atoms with Crippen LogP contribution in [0.25, 0.3) is 0 Å². The van der Waals surface area contributed by atoms with E-state index in [-0.39, 0.29) is 18.8 Å². The van der Waals surface area contributed by atoms with Gasteiger partial charge in [0.05, 0.1) is 19.8 Å². The lowest BCUT2D eigenvalue weighted by molar-refractivity contribution is -0.147. The number of hydrogen-bond donors (Lipinski definition) is 0. The Hall–Kier alpha value is -1.52. The van der Waals surface area contributed by atoms with Gasteiger partial charge in [-0.15, -0.1) is 0 Å². The predicted octanol–water partition coefficient (Wildman–Crippen LogP) is 1.18. The molecule has 5 nitrogen and oxygen atoms in total. The van der Waals surface area contributed by atoms with Crippen molar-refractivity contribution >= 4 is 11.9 Å². The standard InChI is InChI=1S/C11H16O5/c1-3-14-10(12)9(11(13)15-4-2)8-6-5-7-16-8/h3-7H2,1-2H3. The quantitative estimate of drug-likeness (QED) is 0.313. The molecule has 0 bridgehead atoms. The SMILES string of the molecule is CCOC(=O)C(C(=O)OCC)=C1CCCO1. The minimum Gasteiger partial charge on any atom is -0.497 e. The summed E-state index contributed by atoms with van der Waals surface area (Å²) in [5.74, 6) is -0.951. The van der Waals surface area contributed by atoms with Crippen LogP contribution in [0.3, 0.4) is 0 Å². The van der Waals surface area contributed by atoms with E-state index < -0.39 is 11.9 Å². The summed E-state index contributed by atoms with van der Waals surface area (Å²) < 4.78 is 14.8. The Morgan fingerprint density at radius 3 is 2.12 bits per heavy atom. The summed E-state index contributed by atoms with van der Waals surface area (Å²) in [5, 5.41) is 0. The molecule has 0 unspecified atom stereocenters. The molecule has 16 heavy (non-hydrogen) atoms. The summed E-state index contributed by atoms with van der Waals surface area (Å²) in [6, 6.07) is 0. The zero-order valence-electron chi connectivity index (χ0n) is 9.58. The first-order valence-electron chi connectivity index (χ1n) is 5.40. The zero-order valence-corrected chi connectivity index (χ0v) is 9.58. The molecule has 0 atom stereocenters. The maximum atomic E-state index is 11.6. The topological polar surface area (TPSA) is 61.8 Å². The highest BCUT2D eigenvalue weighted by atomic mass is 16.6. The summed E-state index contributed by atoms with van der Waals surface area (Å²) >= 11 is 0. The molecule has 90 valence electrons. The fourth-order valence-corrected chi connectivity index (χ4v) is 1.41. The molecule has 1 heterocycles. The van der Waals surface area contributed by atoms with Crippen LogP contribution in [0.2, 0.25) is 0 Å². The largest absolute Gasteiger partial charge is 0.497 e. The molecule has 0 aliphatic carbocycles. The third kappa shape index (κ3) is 2.98. The highest BCUT2D eigenvalue weighted by Crippen LogP contribution is 2.22. The van der Waals surface area contributed by atoms with Gasteiger partial charge < -0.3 is 14.2 Å². The Morgan fingerprint density at radius 2 is 1.75 bits per heavy atom. The Labute approximate surface area is 94.4 Å². The summed E-state index contributed by atoms with van der Waals surface area (Å²) in [6.07, 6.45) is 1.38. The molecule has 0 amide bonds. The Balaban J connectivity index is 2.88. The molecule has 0 aromatic carbocycles. The van der Waals surface area contributed by atoms with Crippen LogP contribution < -0.4 is 0 Å².